The molecule has 0 saturated heterocycles. The number of hydrogen-bond acceptors (Lipinski definition) is 5. The van der Waals surface area contributed by atoms with Gasteiger partial charge in [-0.05, 0) is 52.3 Å². The van der Waals surface area contributed by atoms with Crippen LogP contribution in [0.25, 0.3) is 0 Å². The molecule has 1 heterocycles. The van der Waals surface area contributed by atoms with Crippen molar-refractivity contribution in [2.24, 2.45) is 0 Å². The first-order chi connectivity index (χ1) is 11.8. The number of hydrogen-bond donors (Lipinski definition) is 2. The van der Waals surface area contributed by atoms with Gasteiger partial charge in [0.25, 0.3) is 0 Å². The van der Waals surface area contributed by atoms with Crippen molar-refractivity contribution in [1.29, 1.82) is 0 Å². The standard InChI is InChI=1S/C19H26N2O4/c1-11(2)24-16-8-6-15(7-9-16)17(22)10-20-19(23)12(3)18-13(4)21-25-14(18)5/h6-9,11-12,17,22H,10H2,1-5H3,(H,20,23). The Kier molecular flexibility index (Phi) is 6.20. The van der Waals surface area contributed by atoms with Crippen LogP contribution in [-0.4, -0.2) is 28.8 Å². The minimum atomic E-state index is -0.783. The highest BCUT2D eigenvalue weighted by Gasteiger charge is 2.23. The number of aryl methyl sites for hydroxylation is 2. The fourth-order valence-corrected chi connectivity index (χ4v) is 2.75. The van der Waals surface area contributed by atoms with E-state index in [0.29, 0.717) is 11.5 Å². The molecule has 6 heteroatoms. The van der Waals surface area contributed by atoms with E-state index in [-0.39, 0.29) is 24.5 Å². The highest BCUT2D eigenvalue weighted by atomic mass is 16.5. The van der Waals surface area contributed by atoms with Gasteiger partial charge in [-0.15, -0.1) is 0 Å². The van der Waals surface area contributed by atoms with Gasteiger partial charge in [0, 0.05) is 12.1 Å². The first-order valence-electron chi connectivity index (χ1n) is 8.44. The molecule has 6 nitrogen and oxygen atoms in total. The van der Waals surface area contributed by atoms with Gasteiger partial charge in [0.2, 0.25) is 5.91 Å². The Hall–Kier alpha value is -2.34. The van der Waals surface area contributed by atoms with E-state index in [1.165, 1.54) is 0 Å². The summed E-state index contributed by atoms with van der Waals surface area (Å²) in [5, 5.41) is 16.9. The Morgan fingerprint density at radius 2 is 1.88 bits per heavy atom. The summed E-state index contributed by atoms with van der Waals surface area (Å²) in [6, 6.07) is 7.22. The molecule has 1 amide bonds. The van der Waals surface area contributed by atoms with Gasteiger partial charge < -0.3 is 19.7 Å². The number of nitrogens with zero attached hydrogens (tertiary/aromatic N) is 1. The molecule has 0 spiro atoms. The number of benzene rings is 1. The van der Waals surface area contributed by atoms with Crippen LogP contribution in [0.15, 0.2) is 28.8 Å². The summed E-state index contributed by atoms with van der Waals surface area (Å²) in [7, 11) is 0. The molecule has 1 aromatic heterocycles. The molecule has 0 saturated carbocycles. The van der Waals surface area contributed by atoms with Crippen LogP contribution in [0, 0.1) is 13.8 Å². The van der Waals surface area contributed by atoms with Crippen molar-refractivity contribution < 1.29 is 19.2 Å². The summed E-state index contributed by atoms with van der Waals surface area (Å²) in [5.41, 5.74) is 2.23. The third kappa shape index (κ3) is 4.82. The van der Waals surface area contributed by atoms with Gasteiger partial charge in [0.15, 0.2) is 0 Å². The molecule has 0 fully saturated rings. The van der Waals surface area contributed by atoms with Crippen molar-refractivity contribution in [2.75, 3.05) is 6.54 Å². The third-order valence-corrected chi connectivity index (χ3v) is 4.02. The summed E-state index contributed by atoms with van der Waals surface area (Å²) in [5.74, 6) is 0.830. The zero-order valence-electron chi connectivity index (χ0n) is 15.4. The molecule has 1 aromatic carbocycles. The normalized spacial score (nSPS) is 13.6. The SMILES string of the molecule is Cc1noc(C)c1C(C)C(=O)NCC(O)c1ccc(OC(C)C)cc1. The lowest BCUT2D eigenvalue weighted by Gasteiger charge is -2.16. The van der Waals surface area contributed by atoms with Crippen molar-refractivity contribution in [2.45, 2.75) is 52.7 Å². The van der Waals surface area contributed by atoms with E-state index < -0.39 is 6.10 Å². The number of ether oxygens (including phenoxy) is 1. The van der Waals surface area contributed by atoms with E-state index in [1.54, 1.807) is 26.0 Å². The Labute approximate surface area is 148 Å². The fraction of sp³-hybridized carbons (Fsp3) is 0.474. The minimum absolute atomic E-state index is 0.0980. The second-order valence-corrected chi connectivity index (χ2v) is 6.46. The number of carbonyl (C=O) groups is 1. The molecule has 2 rings (SSSR count). The summed E-state index contributed by atoms with van der Waals surface area (Å²) in [4.78, 5) is 12.3. The molecular formula is C19H26N2O4. The van der Waals surface area contributed by atoms with E-state index in [1.807, 2.05) is 32.9 Å². The number of carbonyl (C=O) groups excluding carboxylic acids is 1. The monoisotopic (exact) mass is 346 g/mol. The van der Waals surface area contributed by atoms with Crippen molar-refractivity contribution in [1.82, 2.24) is 10.5 Å². The average Bonchev–Trinajstić information content (AvgIpc) is 2.90. The maximum Gasteiger partial charge on any atom is 0.227 e. The quantitative estimate of drug-likeness (QED) is 0.805. The van der Waals surface area contributed by atoms with Gasteiger partial charge in [-0.25, -0.2) is 0 Å². The Balaban J connectivity index is 1.92. The number of aliphatic hydroxyl groups excluding tert-OH is 1. The van der Waals surface area contributed by atoms with Gasteiger partial charge in [-0.2, -0.15) is 0 Å². The minimum Gasteiger partial charge on any atom is -0.491 e. The van der Waals surface area contributed by atoms with Crippen LogP contribution >= 0.6 is 0 Å². The molecular weight excluding hydrogens is 320 g/mol. The van der Waals surface area contributed by atoms with Gasteiger partial charge >= 0.3 is 0 Å². The zero-order chi connectivity index (χ0) is 18.6. The Bertz CT molecular complexity index is 687. The topological polar surface area (TPSA) is 84.6 Å². The van der Waals surface area contributed by atoms with Crippen LogP contribution in [0.1, 0.15) is 55.4 Å². The lowest BCUT2D eigenvalue weighted by molar-refractivity contribution is -0.122. The van der Waals surface area contributed by atoms with Crippen molar-refractivity contribution in [3.8, 4) is 5.75 Å². The Morgan fingerprint density at radius 1 is 1.24 bits per heavy atom. The lowest BCUT2D eigenvalue weighted by Crippen LogP contribution is -2.32. The van der Waals surface area contributed by atoms with Crippen molar-refractivity contribution >= 4 is 5.91 Å². The van der Waals surface area contributed by atoms with Crippen LogP contribution in [0.3, 0.4) is 0 Å². The van der Waals surface area contributed by atoms with Gasteiger partial charge in [-0.3, -0.25) is 4.79 Å². The molecule has 2 atom stereocenters. The molecule has 0 radical (unpaired) electrons. The molecule has 0 aliphatic rings. The largest absolute Gasteiger partial charge is 0.491 e. The van der Waals surface area contributed by atoms with Crippen molar-refractivity contribution in [3.05, 3.63) is 46.8 Å². The molecule has 2 aromatic rings. The summed E-state index contributed by atoms with van der Waals surface area (Å²) >= 11 is 0. The molecule has 136 valence electrons. The zero-order valence-corrected chi connectivity index (χ0v) is 15.4. The van der Waals surface area contributed by atoms with Crippen LogP contribution in [-0.2, 0) is 4.79 Å². The van der Waals surface area contributed by atoms with Crippen LogP contribution in [0.5, 0.6) is 5.75 Å². The number of aliphatic hydroxyl groups is 1. The van der Waals surface area contributed by atoms with Gasteiger partial charge in [-0.1, -0.05) is 17.3 Å². The van der Waals surface area contributed by atoms with Gasteiger partial charge in [0.05, 0.1) is 23.8 Å². The molecule has 0 aliphatic carbocycles. The predicted molar refractivity (Wildman–Crippen MR) is 94.6 cm³/mol. The van der Waals surface area contributed by atoms with E-state index in [2.05, 4.69) is 10.5 Å². The summed E-state index contributed by atoms with van der Waals surface area (Å²) in [6.45, 7) is 9.44. The number of aromatic nitrogens is 1. The maximum atomic E-state index is 12.3. The van der Waals surface area contributed by atoms with Crippen molar-refractivity contribution in [3.63, 3.8) is 0 Å². The Morgan fingerprint density at radius 3 is 2.40 bits per heavy atom. The molecule has 0 bridgehead atoms. The first kappa shape index (κ1) is 19.0. The smallest absolute Gasteiger partial charge is 0.227 e. The van der Waals surface area contributed by atoms with Gasteiger partial charge in [0.1, 0.15) is 11.5 Å². The molecule has 2 N–H and O–H groups in total. The van der Waals surface area contributed by atoms with Crippen LogP contribution in [0.4, 0.5) is 0 Å². The van der Waals surface area contributed by atoms with E-state index >= 15 is 0 Å². The second kappa shape index (κ2) is 8.16. The number of amides is 1. The number of nitrogens with one attached hydrogen (secondary N) is 1. The summed E-state index contributed by atoms with van der Waals surface area (Å²) < 4.78 is 10.7. The molecule has 0 aliphatic heterocycles. The first-order valence-corrected chi connectivity index (χ1v) is 8.44. The maximum absolute atomic E-state index is 12.3. The van der Waals surface area contributed by atoms with Crippen LogP contribution < -0.4 is 10.1 Å². The third-order valence-electron chi connectivity index (χ3n) is 4.02. The molecule has 25 heavy (non-hydrogen) atoms. The van der Waals surface area contributed by atoms with E-state index in [0.717, 1.165) is 16.9 Å². The fourth-order valence-electron chi connectivity index (χ4n) is 2.75. The average molecular weight is 346 g/mol. The molecule has 2 unspecified atom stereocenters. The van der Waals surface area contributed by atoms with E-state index in [4.69, 9.17) is 9.26 Å². The highest BCUT2D eigenvalue weighted by molar-refractivity contribution is 5.83. The predicted octanol–water partition coefficient (Wildman–Crippen LogP) is 3.03. The number of rotatable bonds is 7. The van der Waals surface area contributed by atoms with E-state index in [9.17, 15) is 9.90 Å². The highest BCUT2D eigenvalue weighted by Crippen LogP contribution is 2.23. The van der Waals surface area contributed by atoms with Crippen LogP contribution in [0.2, 0.25) is 0 Å². The second-order valence-electron chi connectivity index (χ2n) is 6.46. The summed E-state index contributed by atoms with van der Waals surface area (Å²) in [6.07, 6.45) is -0.685. The lowest BCUT2D eigenvalue weighted by atomic mass is 9.98.